The van der Waals surface area contributed by atoms with Gasteiger partial charge in [-0.1, -0.05) is 0 Å². The van der Waals surface area contributed by atoms with Crippen molar-refractivity contribution < 1.29 is 8.42 Å². The summed E-state index contributed by atoms with van der Waals surface area (Å²) in [6, 6.07) is 0.141. The fourth-order valence-corrected chi connectivity index (χ4v) is 3.66. The van der Waals surface area contributed by atoms with E-state index < -0.39 is 10.0 Å². The molecule has 114 valence electrons. The fourth-order valence-electron chi connectivity index (χ4n) is 2.72. The van der Waals surface area contributed by atoms with Gasteiger partial charge in [0.2, 0.25) is 10.0 Å². The SMILES string of the molecule is CC(C)n1ccn(CC2CCCN(S(C)(=O)=O)C2)c1=O. The fraction of sp³-hybridized carbons (Fsp3) is 0.769. The molecule has 0 radical (unpaired) electrons. The third kappa shape index (κ3) is 3.32. The Morgan fingerprint density at radius 1 is 1.35 bits per heavy atom. The first-order chi connectivity index (χ1) is 9.29. The number of imidazole rings is 1. The molecule has 0 amide bonds. The second-order valence-corrected chi connectivity index (χ2v) is 7.85. The molecule has 0 saturated carbocycles. The molecule has 20 heavy (non-hydrogen) atoms. The summed E-state index contributed by atoms with van der Waals surface area (Å²) in [7, 11) is -3.13. The summed E-state index contributed by atoms with van der Waals surface area (Å²) in [5.74, 6) is 0.208. The Bertz CT molecular complexity index is 615. The van der Waals surface area contributed by atoms with Gasteiger partial charge in [-0.25, -0.2) is 17.5 Å². The molecule has 1 aromatic rings. The predicted octanol–water partition coefficient (Wildman–Crippen LogP) is 0.902. The second-order valence-electron chi connectivity index (χ2n) is 5.86. The van der Waals surface area contributed by atoms with Crippen LogP contribution in [0.15, 0.2) is 17.2 Å². The van der Waals surface area contributed by atoms with Crippen molar-refractivity contribution in [3.8, 4) is 0 Å². The van der Waals surface area contributed by atoms with Gasteiger partial charge in [-0.2, -0.15) is 0 Å². The highest BCUT2D eigenvalue weighted by molar-refractivity contribution is 7.88. The number of piperidine rings is 1. The van der Waals surface area contributed by atoms with E-state index in [9.17, 15) is 13.2 Å². The van der Waals surface area contributed by atoms with Crippen LogP contribution in [0.2, 0.25) is 0 Å². The highest BCUT2D eigenvalue weighted by Crippen LogP contribution is 2.19. The smallest absolute Gasteiger partial charge is 0.299 e. The molecule has 1 unspecified atom stereocenters. The lowest BCUT2D eigenvalue weighted by molar-refractivity contribution is 0.244. The molecule has 0 aromatic carbocycles. The van der Waals surface area contributed by atoms with Crippen LogP contribution in [0.1, 0.15) is 32.7 Å². The Kier molecular flexibility index (Phi) is 4.39. The zero-order valence-corrected chi connectivity index (χ0v) is 13.1. The second kappa shape index (κ2) is 5.73. The van der Waals surface area contributed by atoms with Gasteiger partial charge in [0.1, 0.15) is 0 Å². The van der Waals surface area contributed by atoms with Crippen molar-refractivity contribution in [2.75, 3.05) is 19.3 Å². The monoisotopic (exact) mass is 301 g/mol. The lowest BCUT2D eigenvalue weighted by atomic mass is 10.00. The molecular formula is C13H23N3O3S. The molecule has 0 aliphatic carbocycles. The van der Waals surface area contributed by atoms with Crippen molar-refractivity contribution in [1.82, 2.24) is 13.4 Å². The number of rotatable bonds is 4. The number of nitrogens with zero attached hydrogens (tertiary/aromatic N) is 3. The van der Waals surface area contributed by atoms with Crippen molar-refractivity contribution in [2.45, 2.75) is 39.3 Å². The van der Waals surface area contributed by atoms with Gasteiger partial charge in [0.15, 0.2) is 0 Å². The van der Waals surface area contributed by atoms with Crippen LogP contribution in [0, 0.1) is 5.92 Å². The minimum atomic E-state index is -3.13. The average molecular weight is 301 g/mol. The van der Waals surface area contributed by atoms with E-state index in [1.165, 1.54) is 10.6 Å². The molecule has 1 fully saturated rings. The standard InChI is InChI=1S/C13H23N3O3S/c1-11(2)16-8-7-14(13(16)17)9-12-5-4-6-15(10-12)20(3,18)19/h7-8,11-12H,4-6,9-10H2,1-3H3. The van der Waals surface area contributed by atoms with Crippen molar-refractivity contribution in [1.29, 1.82) is 0 Å². The van der Waals surface area contributed by atoms with Gasteiger partial charge < -0.3 is 0 Å². The summed E-state index contributed by atoms with van der Waals surface area (Å²) in [6.45, 7) is 5.63. The van der Waals surface area contributed by atoms with Gasteiger partial charge >= 0.3 is 5.69 Å². The molecular weight excluding hydrogens is 278 g/mol. The summed E-state index contributed by atoms with van der Waals surface area (Å²) in [4.78, 5) is 12.2. The molecule has 6 nitrogen and oxygen atoms in total. The maximum atomic E-state index is 12.2. The van der Waals surface area contributed by atoms with Crippen LogP contribution >= 0.6 is 0 Å². The lowest BCUT2D eigenvalue weighted by Crippen LogP contribution is -2.41. The van der Waals surface area contributed by atoms with Crippen LogP contribution in [0.3, 0.4) is 0 Å². The van der Waals surface area contributed by atoms with Crippen molar-refractivity contribution in [3.63, 3.8) is 0 Å². The summed E-state index contributed by atoms with van der Waals surface area (Å²) in [6.07, 6.45) is 6.66. The number of hydrogen-bond acceptors (Lipinski definition) is 3. The molecule has 1 aromatic heterocycles. The summed E-state index contributed by atoms with van der Waals surface area (Å²) < 4.78 is 28.1. The van der Waals surface area contributed by atoms with E-state index in [1.807, 2.05) is 13.8 Å². The molecule has 1 aliphatic heterocycles. The van der Waals surface area contributed by atoms with Gasteiger partial charge in [-0.05, 0) is 32.6 Å². The Morgan fingerprint density at radius 3 is 2.60 bits per heavy atom. The van der Waals surface area contributed by atoms with Crippen LogP contribution < -0.4 is 5.69 Å². The maximum absolute atomic E-state index is 12.2. The predicted molar refractivity (Wildman–Crippen MR) is 78.2 cm³/mol. The Labute approximate surface area is 120 Å². The molecule has 7 heteroatoms. The molecule has 0 N–H and O–H groups in total. The van der Waals surface area contributed by atoms with Crippen molar-refractivity contribution in [2.24, 2.45) is 5.92 Å². The van der Waals surface area contributed by atoms with E-state index in [0.717, 1.165) is 12.8 Å². The number of aromatic nitrogens is 2. The van der Waals surface area contributed by atoms with Gasteiger partial charge in [0, 0.05) is 38.1 Å². The Balaban J connectivity index is 2.09. The van der Waals surface area contributed by atoms with E-state index >= 15 is 0 Å². The number of sulfonamides is 1. The van der Waals surface area contributed by atoms with Gasteiger partial charge in [0.25, 0.3) is 0 Å². The van der Waals surface area contributed by atoms with E-state index in [-0.39, 0.29) is 17.6 Å². The van der Waals surface area contributed by atoms with Crippen LogP contribution in [0.25, 0.3) is 0 Å². The maximum Gasteiger partial charge on any atom is 0.328 e. The first-order valence-corrected chi connectivity index (χ1v) is 8.86. The van der Waals surface area contributed by atoms with Gasteiger partial charge in [-0.15, -0.1) is 0 Å². The Hall–Kier alpha value is -1.08. The molecule has 0 bridgehead atoms. The number of hydrogen-bond donors (Lipinski definition) is 0. The third-order valence-electron chi connectivity index (χ3n) is 3.84. The lowest BCUT2D eigenvalue weighted by Gasteiger charge is -2.30. The van der Waals surface area contributed by atoms with E-state index in [0.29, 0.717) is 19.6 Å². The van der Waals surface area contributed by atoms with Crippen molar-refractivity contribution in [3.05, 3.63) is 22.9 Å². The highest BCUT2D eigenvalue weighted by Gasteiger charge is 2.26. The molecule has 2 rings (SSSR count). The third-order valence-corrected chi connectivity index (χ3v) is 5.11. The molecule has 2 heterocycles. The molecule has 1 atom stereocenters. The molecule has 0 spiro atoms. The first kappa shape index (κ1) is 15.3. The zero-order chi connectivity index (χ0) is 14.9. The van der Waals surface area contributed by atoms with Gasteiger partial charge in [-0.3, -0.25) is 9.13 Å². The van der Waals surface area contributed by atoms with E-state index in [2.05, 4.69) is 0 Å². The van der Waals surface area contributed by atoms with Crippen LogP contribution in [0.5, 0.6) is 0 Å². The average Bonchev–Trinajstić information content (AvgIpc) is 2.70. The van der Waals surface area contributed by atoms with E-state index in [4.69, 9.17) is 0 Å². The van der Waals surface area contributed by atoms with Crippen LogP contribution in [-0.2, 0) is 16.6 Å². The van der Waals surface area contributed by atoms with E-state index in [1.54, 1.807) is 21.5 Å². The largest absolute Gasteiger partial charge is 0.328 e. The summed E-state index contributed by atoms with van der Waals surface area (Å²) in [5, 5.41) is 0. The summed E-state index contributed by atoms with van der Waals surface area (Å²) >= 11 is 0. The zero-order valence-electron chi connectivity index (χ0n) is 12.3. The first-order valence-electron chi connectivity index (χ1n) is 7.01. The summed E-state index contributed by atoms with van der Waals surface area (Å²) in [5.41, 5.74) is -0.0171. The van der Waals surface area contributed by atoms with Crippen molar-refractivity contribution >= 4 is 10.0 Å². The minimum Gasteiger partial charge on any atom is -0.299 e. The highest BCUT2D eigenvalue weighted by atomic mass is 32.2. The van der Waals surface area contributed by atoms with Crippen LogP contribution in [0.4, 0.5) is 0 Å². The quantitative estimate of drug-likeness (QED) is 0.830. The molecule has 1 aliphatic rings. The topological polar surface area (TPSA) is 64.3 Å². The molecule has 1 saturated heterocycles. The minimum absolute atomic E-state index is 0.0171. The Morgan fingerprint density at radius 2 is 2.05 bits per heavy atom. The normalized spacial score (nSPS) is 21.5. The van der Waals surface area contributed by atoms with Crippen LogP contribution in [-0.4, -0.2) is 41.2 Å². The van der Waals surface area contributed by atoms with Gasteiger partial charge in [0.05, 0.1) is 6.26 Å².